The fourth-order valence-electron chi connectivity index (χ4n) is 2.70. The Morgan fingerprint density at radius 3 is 2.88 bits per heavy atom. The quantitative estimate of drug-likeness (QED) is 0.740. The van der Waals surface area contributed by atoms with Gasteiger partial charge in [-0.2, -0.15) is 0 Å². The summed E-state index contributed by atoms with van der Waals surface area (Å²) in [6.07, 6.45) is 2.02. The normalized spacial score (nSPS) is 25.0. The molecule has 2 heterocycles. The van der Waals surface area contributed by atoms with Crippen LogP contribution in [0.4, 0.5) is 4.79 Å². The minimum atomic E-state index is -0.334. The lowest BCUT2D eigenvalue weighted by Gasteiger charge is -2.36. The second-order valence-electron chi connectivity index (χ2n) is 6.52. The van der Waals surface area contributed by atoms with Crippen LogP contribution in [-0.4, -0.2) is 46.2 Å². The molecule has 0 spiro atoms. The highest BCUT2D eigenvalue weighted by Crippen LogP contribution is 2.35. The average molecular weight is 428 g/mol. The molecule has 2 fully saturated rings. The maximum absolute atomic E-state index is 12.6. The minimum absolute atomic E-state index is 0.115. The number of benzene rings is 1. The zero-order chi connectivity index (χ0) is 18.2. The smallest absolute Gasteiger partial charge is 0.293 e. The summed E-state index contributed by atoms with van der Waals surface area (Å²) in [4.78, 5) is 26.4. The molecule has 1 unspecified atom stereocenters. The van der Waals surface area contributed by atoms with Gasteiger partial charge in [-0.15, -0.1) is 0 Å². The molecule has 2 aliphatic heterocycles. The van der Waals surface area contributed by atoms with Gasteiger partial charge in [-0.1, -0.05) is 6.07 Å². The summed E-state index contributed by atoms with van der Waals surface area (Å²) in [5.41, 5.74) is 0.386. The molecule has 1 N–H and O–H groups in total. The molecule has 134 valence electrons. The summed E-state index contributed by atoms with van der Waals surface area (Å²) in [5.74, 6) is -0.211. The number of ether oxygens (including phenoxy) is 2. The first-order chi connectivity index (χ1) is 11.7. The van der Waals surface area contributed by atoms with E-state index in [9.17, 15) is 14.7 Å². The minimum Gasteiger partial charge on any atom is -0.507 e. The number of nitrogens with zero attached hydrogens (tertiary/aromatic N) is 1. The Hall–Kier alpha value is -1.35. The summed E-state index contributed by atoms with van der Waals surface area (Å²) in [6, 6.07) is 4.89. The Morgan fingerprint density at radius 1 is 1.44 bits per heavy atom. The number of aromatic hydroxyl groups is 1. The number of hydrogen-bond acceptors (Lipinski definition) is 6. The number of phenols is 1. The van der Waals surface area contributed by atoms with Gasteiger partial charge < -0.3 is 14.6 Å². The van der Waals surface area contributed by atoms with E-state index in [4.69, 9.17) is 9.47 Å². The zero-order valence-electron chi connectivity index (χ0n) is 13.8. The van der Waals surface area contributed by atoms with Crippen LogP contribution >= 0.6 is 27.7 Å². The number of imide groups is 1. The second kappa shape index (κ2) is 7.11. The maximum atomic E-state index is 12.6. The fraction of sp³-hybridized carbons (Fsp3) is 0.412. The molecule has 0 bridgehead atoms. The van der Waals surface area contributed by atoms with Crippen LogP contribution in [0.25, 0.3) is 6.08 Å². The van der Waals surface area contributed by atoms with Gasteiger partial charge in [-0.3, -0.25) is 14.5 Å². The Morgan fingerprint density at radius 2 is 2.20 bits per heavy atom. The first-order valence-corrected chi connectivity index (χ1v) is 9.35. The number of rotatable bonds is 3. The van der Waals surface area contributed by atoms with Crippen LogP contribution in [0.1, 0.15) is 25.8 Å². The SMILES string of the molecule is CC1(C)CC(CN2C(=O)S/C(=C/c3ccc(O)c(Br)c3)C2=O)OCO1. The van der Waals surface area contributed by atoms with E-state index in [-0.39, 0.29) is 41.9 Å². The lowest BCUT2D eigenvalue weighted by atomic mass is 9.99. The van der Waals surface area contributed by atoms with Crippen LogP contribution in [0.5, 0.6) is 5.75 Å². The Kier molecular flexibility index (Phi) is 5.24. The van der Waals surface area contributed by atoms with E-state index in [0.717, 1.165) is 17.3 Å². The van der Waals surface area contributed by atoms with Crippen molar-refractivity contribution in [3.05, 3.63) is 33.1 Å². The van der Waals surface area contributed by atoms with Gasteiger partial charge in [0.2, 0.25) is 0 Å². The van der Waals surface area contributed by atoms with Gasteiger partial charge in [0.05, 0.1) is 27.6 Å². The molecule has 6 nitrogen and oxygen atoms in total. The van der Waals surface area contributed by atoms with E-state index in [1.807, 2.05) is 13.8 Å². The third-order valence-corrected chi connectivity index (χ3v) is 5.54. The molecule has 1 atom stereocenters. The summed E-state index contributed by atoms with van der Waals surface area (Å²) >= 11 is 4.14. The van der Waals surface area contributed by atoms with E-state index >= 15 is 0 Å². The highest BCUT2D eigenvalue weighted by molar-refractivity contribution is 9.10. The van der Waals surface area contributed by atoms with Crippen molar-refractivity contribution in [3.63, 3.8) is 0 Å². The molecule has 1 aromatic rings. The molecule has 0 aliphatic carbocycles. The van der Waals surface area contributed by atoms with Crippen molar-refractivity contribution in [1.82, 2.24) is 4.90 Å². The number of carbonyl (C=O) groups excluding carboxylic acids is 2. The van der Waals surface area contributed by atoms with Gasteiger partial charge in [0.15, 0.2) is 0 Å². The molecule has 25 heavy (non-hydrogen) atoms. The molecular formula is C17H18BrNO5S. The van der Waals surface area contributed by atoms with Crippen molar-refractivity contribution < 1.29 is 24.2 Å². The number of carbonyl (C=O) groups is 2. The van der Waals surface area contributed by atoms with Crippen LogP contribution in [0.2, 0.25) is 0 Å². The van der Waals surface area contributed by atoms with E-state index in [2.05, 4.69) is 15.9 Å². The van der Waals surface area contributed by atoms with Crippen molar-refractivity contribution >= 4 is 44.9 Å². The lowest BCUT2D eigenvalue weighted by Crippen LogP contribution is -2.45. The number of halogens is 1. The second-order valence-corrected chi connectivity index (χ2v) is 8.37. The van der Waals surface area contributed by atoms with E-state index in [0.29, 0.717) is 15.8 Å². The van der Waals surface area contributed by atoms with Crippen molar-refractivity contribution in [2.24, 2.45) is 0 Å². The molecule has 2 amide bonds. The standard InChI is InChI=1S/C17H18BrNO5S/c1-17(2)7-11(23-9-24-17)8-19-15(21)14(25-16(19)22)6-10-3-4-13(20)12(18)5-10/h3-6,11,20H,7-9H2,1-2H3/b14-6+. The highest BCUT2D eigenvalue weighted by Gasteiger charge is 2.39. The molecule has 1 aromatic carbocycles. The topological polar surface area (TPSA) is 76.1 Å². The third-order valence-electron chi connectivity index (χ3n) is 4.00. The molecule has 0 saturated carbocycles. The van der Waals surface area contributed by atoms with Crippen LogP contribution in [0, 0.1) is 0 Å². The Balaban J connectivity index is 1.73. The largest absolute Gasteiger partial charge is 0.507 e. The van der Waals surface area contributed by atoms with E-state index in [1.54, 1.807) is 18.2 Å². The molecule has 3 rings (SSSR count). The van der Waals surface area contributed by atoms with Crippen LogP contribution < -0.4 is 0 Å². The molecule has 8 heteroatoms. The summed E-state index contributed by atoms with van der Waals surface area (Å²) in [6.45, 7) is 4.29. The molecule has 2 saturated heterocycles. The molecule has 0 aromatic heterocycles. The van der Waals surface area contributed by atoms with Gasteiger partial charge in [0, 0.05) is 6.42 Å². The van der Waals surface area contributed by atoms with Crippen molar-refractivity contribution in [1.29, 1.82) is 0 Å². The van der Waals surface area contributed by atoms with E-state index < -0.39 is 0 Å². The van der Waals surface area contributed by atoms with Crippen LogP contribution in [-0.2, 0) is 14.3 Å². The zero-order valence-corrected chi connectivity index (χ0v) is 16.2. The molecule has 0 radical (unpaired) electrons. The van der Waals surface area contributed by atoms with Gasteiger partial charge in [-0.25, -0.2) is 0 Å². The molecule has 2 aliphatic rings. The first-order valence-electron chi connectivity index (χ1n) is 7.75. The predicted octanol–water partition coefficient (Wildman–Crippen LogP) is 3.73. The van der Waals surface area contributed by atoms with Crippen molar-refractivity contribution in [2.45, 2.75) is 32.0 Å². The third kappa shape index (κ3) is 4.25. The monoisotopic (exact) mass is 427 g/mol. The van der Waals surface area contributed by atoms with E-state index in [1.165, 1.54) is 11.0 Å². The van der Waals surface area contributed by atoms with Gasteiger partial charge in [-0.05, 0) is 65.3 Å². The lowest BCUT2D eigenvalue weighted by molar-refractivity contribution is -0.211. The number of hydrogen-bond donors (Lipinski definition) is 1. The molecular weight excluding hydrogens is 410 g/mol. The van der Waals surface area contributed by atoms with Crippen molar-refractivity contribution in [2.75, 3.05) is 13.3 Å². The fourth-order valence-corrected chi connectivity index (χ4v) is 3.94. The summed E-state index contributed by atoms with van der Waals surface area (Å²) in [7, 11) is 0. The predicted molar refractivity (Wildman–Crippen MR) is 98.0 cm³/mol. The number of thioether (sulfide) groups is 1. The van der Waals surface area contributed by atoms with Crippen molar-refractivity contribution in [3.8, 4) is 5.75 Å². The highest BCUT2D eigenvalue weighted by atomic mass is 79.9. The summed E-state index contributed by atoms with van der Waals surface area (Å²) < 4.78 is 11.5. The Labute approximate surface area is 158 Å². The number of phenolic OH excluding ortho intramolecular Hbond substituents is 1. The van der Waals surface area contributed by atoms with Gasteiger partial charge >= 0.3 is 0 Å². The number of amides is 2. The first kappa shape index (κ1) is 18.4. The van der Waals surface area contributed by atoms with Gasteiger partial charge in [0.25, 0.3) is 11.1 Å². The Bertz CT molecular complexity index is 749. The van der Waals surface area contributed by atoms with Crippen LogP contribution in [0.3, 0.4) is 0 Å². The maximum Gasteiger partial charge on any atom is 0.293 e. The van der Waals surface area contributed by atoms with Crippen LogP contribution in [0.15, 0.2) is 27.6 Å². The average Bonchev–Trinajstić information content (AvgIpc) is 2.78. The summed E-state index contributed by atoms with van der Waals surface area (Å²) in [5, 5.41) is 9.24. The van der Waals surface area contributed by atoms with Gasteiger partial charge in [0.1, 0.15) is 12.5 Å².